The fourth-order valence-corrected chi connectivity index (χ4v) is 4.60. The molecule has 1 saturated heterocycles. The van der Waals surface area contributed by atoms with Gasteiger partial charge in [0.2, 0.25) is 5.91 Å². The first-order chi connectivity index (χ1) is 14.0. The van der Waals surface area contributed by atoms with E-state index in [1.807, 2.05) is 41.0 Å². The number of fused-ring (bicyclic) bond motifs is 1. The third-order valence-corrected chi connectivity index (χ3v) is 6.51. The predicted octanol–water partition coefficient (Wildman–Crippen LogP) is 4.14. The van der Waals surface area contributed by atoms with Crippen molar-refractivity contribution in [1.29, 1.82) is 0 Å². The number of benzene rings is 1. The standard InChI is InChI=1S/C22H29ClN4O2/c1-2-27(19-7-4-10-26(14-19)21(28)15-5-3-6-15)22(29)24-13-18-12-16-11-17(23)8-9-20(16)25-18/h8-9,11-12,15,19,25H,2-7,10,13-14H2,1H3,(H,24,29)/t19-/m1/s1. The van der Waals surface area contributed by atoms with Crippen LogP contribution in [0.25, 0.3) is 10.9 Å². The van der Waals surface area contributed by atoms with Gasteiger partial charge in [-0.05, 0) is 56.9 Å². The fraction of sp³-hybridized carbons (Fsp3) is 0.545. The van der Waals surface area contributed by atoms with Crippen molar-refractivity contribution in [2.75, 3.05) is 19.6 Å². The van der Waals surface area contributed by atoms with E-state index in [1.54, 1.807) is 0 Å². The number of urea groups is 1. The monoisotopic (exact) mass is 416 g/mol. The number of likely N-dealkylation sites (N-methyl/N-ethyl adjacent to an activating group) is 1. The highest BCUT2D eigenvalue weighted by atomic mass is 35.5. The van der Waals surface area contributed by atoms with E-state index in [-0.39, 0.29) is 23.9 Å². The van der Waals surface area contributed by atoms with E-state index in [9.17, 15) is 9.59 Å². The second-order valence-corrected chi connectivity index (χ2v) is 8.62. The topological polar surface area (TPSA) is 68.4 Å². The molecule has 1 atom stereocenters. The van der Waals surface area contributed by atoms with Crippen molar-refractivity contribution in [2.45, 2.75) is 51.6 Å². The van der Waals surface area contributed by atoms with E-state index >= 15 is 0 Å². The second kappa shape index (κ2) is 8.66. The number of nitrogens with zero attached hydrogens (tertiary/aromatic N) is 2. The van der Waals surface area contributed by atoms with Gasteiger partial charge in [-0.3, -0.25) is 4.79 Å². The molecule has 0 bridgehead atoms. The molecule has 0 radical (unpaired) electrons. The summed E-state index contributed by atoms with van der Waals surface area (Å²) in [6, 6.07) is 7.72. The Morgan fingerprint density at radius 2 is 2.07 bits per heavy atom. The minimum absolute atomic E-state index is 0.0767. The van der Waals surface area contributed by atoms with E-state index in [2.05, 4.69) is 10.3 Å². The van der Waals surface area contributed by atoms with Crippen LogP contribution in [0.15, 0.2) is 24.3 Å². The zero-order chi connectivity index (χ0) is 20.4. The largest absolute Gasteiger partial charge is 0.357 e. The fourth-order valence-electron chi connectivity index (χ4n) is 4.42. The number of nitrogens with one attached hydrogen (secondary N) is 2. The molecule has 6 nitrogen and oxygen atoms in total. The molecule has 1 saturated carbocycles. The summed E-state index contributed by atoms with van der Waals surface area (Å²) in [5.41, 5.74) is 1.94. The number of aromatic amines is 1. The molecule has 1 aliphatic carbocycles. The Morgan fingerprint density at radius 1 is 1.24 bits per heavy atom. The number of aromatic nitrogens is 1. The van der Waals surface area contributed by atoms with Crippen LogP contribution in [0.4, 0.5) is 4.79 Å². The van der Waals surface area contributed by atoms with E-state index in [1.165, 1.54) is 0 Å². The Morgan fingerprint density at radius 3 is 2.79 bits per heavy atom. The Balaban J connectivity index is 1.36. The third-order valence-electron chi connectivity index (χ3n) is 6.27. The van der Waals surface area contributed by atoms with Gasteiger partial charge in [0.25, 0.3) is 0 Å². The van der Waals surface area contributed by atoms with Crippen LogP contribution < -0.4 is 5.32 Å². The summed E-state index contributed by atoms with van der Waals surface area (Å²) in [7, 11) is 0. The van der Waals surface area contributed by atoms with Crippen LogP contribution in [-0.2, 0) is 11.3 Å². The zero-order valence-electron chi connectivity index (χ0n) is 16.9. The summed E-state index contributed by atoms with van der Waals surface area (Å²) in [4.78, 5) is 32.7. The number of rotatable bonds is 5. The van der Waals surface area contributed by atoms with Crippen LogP contribution in [0.1, 0.15) is 44.7 Å². The number of hydrogen-bond acceptors (Lipinski definition) is 2. The van der Waals surface area contributed by atoms with Crippen molar-refractivity contribution < 1.29 is 9.59 Å². The zero-order valence-corrected chi connectivity index (χ0v) is 17.7. The summed E-state index contributed by atoms with van der Waals surface area (Å²) in [5, 5.41) is 4.76. The van der Waals surface area contributed by atoms with Crippen molar-refractivity contribution >= 4 is 34.4 Å². The molecule has 0 spiro atoms. The molecule has 2 aliphatic rings. The number of H-pyrrole nitrogens is 1. The predicted molar refractivity (Wildman–Crippen MR) is 115 cm³/mol. The molecule has 4 rings (SSSR count). The van der Waals surface area contributed by atoms with Gasteiger partial charge >= 0.3 is 6.03 Å². The first kappa shape index (κ1) is 20.1. The maximum absolute atomic E-state index is 12.9. The van der Waals surface area contributed by atoms with Gasteiger partial charge in [0.15, 0.2) is 0 Å². The summed E-state index contributed by atoms with van der Waals surface area (Å²) in [6.45, 7) is 4.53. The number of carbonyl (C=O) groups excluding carboxylic acids is 2. The Labute approximate surface area is 176 Å². The SMILES string of the molecule is CCN(C(=O)NCc1cc2cc(Cl)ccc2[nH]1)[C@@H]1CCCN(C(=O)C2CCC2)C1. The molecule has 2 fully saturated rings. The van der Waals surface area contributed by atoms with Crippen LogP contribution in [0.5, 0.6) is 0 Å². The molecular weight excluding hydrogens is 388 g/mol. The molecule has 2 aromatic rings. The highest BCUT2D eigenvalue weighted by molar-refractivity contribution is 6.31. The van der Waals surface area contributed by atoms with Gasteiger partial charge in [0.1, 0.15) is 0 Å². The van der Waals surface area contributed by atoms with Crippen LogP contribution in [-0.4, -0.2) is 52.4 Å². The lowest BCUT2D eigenvalue weighted by Crippen LogP contribution is -2.55. The maximum atomic E-state index is 12.9. The number of piperidine rings is 1. The average molecular weight is 417 g/mol. The molecular formula is C22H29ClN4O2. The molecule has 1 aromatic heterocycles. The summed E-state index contributed by atoms with van der Waals surface area (Å²) in [6.07, 6.45) is 5.11. The van der Waals surface area contributed by atoms with Crippen molar-refractivity contribution in [3.63, 3.8) is 0 Å². The Hall–Kier alpha value is -2.21. The quantitative estimate of drug-likeness (QED) is 0.768. The van der Waals surface area contributed by atoms with Gasteiger partial charge in [0.05, 0.1) is 12.6 Å². The van der Waals surface area contributed by atoms with Crippen molar-refractivity contribution in [1.82, 2.24) is 20.1 Å². The lowest BCUT2D eigenvalue weighted by atomic mass is 9.84. The van der Waals surface area contributed by atoms with E-state index in [4.69, 9.17) is 11.6 Å². The maximum Gasteiger partial charge on any atom is 0.318 e. The smallest absolute Gasteiger partial charge is 0.318 e. The van der Waals surface area contributed by atoms with Crippen LogP contribution in [0, 0.1) is 5.92 Å². The molecule has 1 aromatic carbocycles. The average Bonchev–Trinajstić information content (AvgIpc) is 3.08. The molecule has 2 N–H and O–H groups in total. The number of halogens is 1. The van der Waals surface area contributed by atoms with Crippen molar-refractivity contribution in [3.05, 3.63) is 35.0 Å². The first-order valence-corrected chi connectivity index (χ1v) is 11.0. The van der Waals surface area contributed by atoms with Gasteiger partial charge in [-0.25, -0.2) is 4.79 Å². The molecule has 29 heavy (non-hydrogen) atoms. The normalized spacial score (nSPS) is 19.8. The second-order valence-electron chi connectivity index (χ2n) is 8.18. The Kier molecular flexibility index (Phi) is 5.99. The molecule has 3 amide bonds. The van der Waals surface area contributed by atoms with E-state index < -0.39 is 0 Å². The highest BCUT2D eigenvalue weighted by Gasteiger charge is 2.34. The minimum Gasteiger partial charge on any atom is -0.357 e. The van der Waals surface area contributed by atoms with E-state index in [0.717, 1.165) is 55.2 Å². The van der Waals surface area contributed by atoms with Crippen molar-refractivity contribution in [2.24, 2.45) is 5.92 Å². The summed E-state index contributed by atoms with van der Waals surface area (Å²) < 4.78 is 0. The molecule has 2 heterocycles. The van der Waals surface area contributed by atoms with Gasteiger partial charge in [0, 0.05) is 47.2 Å². The van der Waals surface area contributed by atoms with Gasteiger partial charge in [-0.1, -0.05) is 18.0 Å². The summed E-state index contributed by atoms with van der Waals surface area (Å²) >= 11 is 6.05. The number of likely N-dealkylation sites (tertiary alicyclic amines) is 1. The van der Waals surface area contributed by atoms with Crippen molar-refractivity contribution in [3.8, 4) is 0 Å². The minimum atomic E-state index is -0.0767. The molecule has 7 heteroatoms. The summed E-state index contributed by atoms with van der Waals surface area (Å²) in [5.74, 6) is 0.502. The number of carbonyl (C=O) groups is 2. The third kappa shape index (κ3) is 4.37. The van der Waals surface area contributed by atoms with Crippen LogP contribution >= 0.6 is 11.6 Å². The van der Waals surface area contributed by atoms with Gasteiger partial charge in [-0.2, -0.15) is 0 Å². The van der Waals surface area contributed by atoms with Crippen LogP contribution in [0.3, 0.4) is 0 Å². The van der Waals surface area contributed by atoms with Gasteiger partial charge < -0.3 is 20.1 Å². The van der Waals surface area contributed by atoms with E-state index in [0.29, 0.717) is 24.7 Å². The number of amides is 3. The van der Waals surface area contributed by atoms with Crippen LogP contribution in [0.2, 0.25) is 5.02 Å². The van der Waals surface area contributed by atoms with Gasteiger partial charge in [-0.15, -0.1) is 0 Å². The Bertz CT molecular complexity index is 892. The molecule has 1 aliphatic heterocycles. The number of hydrogen-bond donors (Lipinski definition) is 2. The molecule has 0 unspecified atom stereocenters. The lowest BCUT2D eigenvalue weighted by Gasteiger charge is -2.41. The first-order valence-electron chi connectivity index (χ1n) is 10.7. The molecule has 156 valence electrons. The highest BCUT2D eigenvalue weighted by Crippen LogP contribution is 2.30. The lowest BCUT2D eigenvalue weighted by molar-refractivity contribution is -0.140.